The molecule has 0 atom stereocenters. The van der Waals surface area contributed by atoms with Crippen LogP contribution in [0.5, 0.6) is 0 Å². The maximum atomic E-state index is 13.1. The predicted octanol–water partition coefficient (Wildman–Crippen LogP) is 3.82. The minimum atomic E-state index is -2.66. The molecule has 0 spiro atoms. The number of halogens is 2. The maximum Gasteiger partial charge on any atom is 0.280 e. The van der Waals surface area contributed by atoms with Gasteiger partial charge in [0.25, 0.3) is 12.3 Å². The normalized spacial score (nSPS) is 13.3. The number of rotatable bonds is 3. The first kappa shape index (κ1) is 15.3. The fraction of sp³-hybridized carbons (Fsp3) is 0.111. The average Bonchev–Trinajstić information content (AvgIpc) is 3.06. The van der Waals surface area contributed by atoms with E-state index in [0.717, 1.165) is 15.5 Å². The Morgan fingerprint density at radius 1 is 1.20 bits per heavy atom. The molecular formula is C18H14F2N4O. The van der Waals surface area contributed by atoms with E-state index in [2.05, 4.69) is 15.7 Å². The third kappa shape index (κ3) is 2.63. The molecule has 1 amide bonds. The molecule has 1 aliphatic rings. The Labute approximate surface area is 141 Å². The van der Waals surface area contributed by atoms with Gasteiger partial charge in [-0.1, -0.05) is 36.4 Å². The number of anilines is 2. The number of hydrogen-bond acceptors (Lipinski definition) is 3. The molecule has 25 heavy (non-hydrogen) atoms. The maximum absolute atomic E-state index is 13.1. The summed E-state index contributed by atoms with van der Waals surface area (Å²) in [6.07, 6.45) is -0.00350. The quantitative estimate of drug-likeness (QED) is 0.762. The lowest BCUT2D eigenvalue weighted by atomic mass is 10.1. The fourth-order valence-corrected chi connectivity index (χ4v) is 2.92. The molecule has 3 aromatic rings. The Balaban J connectivity index is 1.68. The van der Waals surface area contributed by atoms with Gasteiger partial charge in [-0.25, -0.2) is 13.5 Å². The molecule has 0 radical (unpaired) electrons. The summed E-state index contributed by atoms with van der Waals surface area (Å²) >= 11 is 0. The first-order chi connectivity index (χ1) is 12.1. The van der Waals surface area contributed by atoms with E-state index in [1.54, 1.807) is 6.07 Å². The monoisotopic (exact) mass is 340 g/mol. The number of alkyl halides is 2. The summed E-state index contributed by atoms with van der Waals surface area (Å²) in [5.74, 6) is -0.129. The zero-order valence-corrected chi connectivity index (χ0v) is 13.0. The Kier molecular flexibility index (Phi) is 3.68. The van der Waals surface area contributed by atoms with Crippen molar-refractivity contribution in [3.63, 3.8) is 0 Å². The Morgan fingerprint density at radius 2 is 2.00 bits per heavy atom. The molecule has 4 rings (SSSR count). The van der Waals surface area contributed by atoms with E-state index < -0.39 is 12.3 Å². The van der Waals surface area contributed by atoms with Crippen molar-refractivity contribution in [2.75, 3.05) is 17.2 Å². The van der Waals surface area contributed by atoms with Gasteiger partial charge in [-0.15, -0.1) is 0 Å². The zero-order valence-electron chi connectivity index (χ0n) is 13.0. The number of fused-ring (bicyclic) bond motifs is 2. The van der Waals surface area contributed by atoms with Gasteiger partial charge in [0.05, 0.1) is 6.20 Å². The highest BCUT2D eigenvalue weighted by Gasteiger charge is 2.25. The van der Waals surface area contributed by atoms with Crippen LogP contribution in [0, 0.1) is 0 Å². The topological polar surface area (TPSA) is 59.0 Å². The summed E-state index contributed by atoms with van der Waals surface area (Å²) in [7, 11) is 0. The van der Waals surface area contributed by atoms with Gasteiger partial charge in [0.2, 0.25) is 0 Å². The predicted molar refractivity (Wildman–Crippen MR) is 92.9 cm³/mol. The van der Waals surface area contributed by atoms with Gasteiger partial charge in [-0.2, -0.15) is 5.10 Å². The van der Waals surface area contributed by atoms with Gasteiger partial charge < -0.3 is 10.6 Å². The van der Waals surface area contributed by atoms with Gasteiger partial charge in [0.15, 0.2) is 0 Å². The van der Waals surface area contributed by atoms with Crippen molar-refractivity contribution >= 4 is 33.9 Å². The summed E-state index contributed by atoms with van der Waals surface area (Å²) in [6.45, 7) is 0.222. The lowest BCUT2D eigenvalue weighted by Crippen LogP contribution is -2.21. The first-order valence-electron chi connectivity index (χ1n) is 7.75. The molecule has 126 valence electrons. The SMILES string of the molecule is O=C(Nc1cccc2ccccc12)c1cnn2c1NCC=C2C(F)F. The minimum Gasteiger partial charge on any atom is -0.366 e. The van der Waals surface area contributed by atoms with E-state index in [1.165, 1.54) is 12.3 Å². The number of hydrogen-bond donors (Lipinski definition) is 2. The Bertz CT molecular complexity index is 988. The van der Waals surface area contributed by atoms with Crippen molar-refractivity contribution in [2.45, 2.75) is 6.43 Å². The van der Waals surface area contributed by atoms with E-state index in [4.69, 9.17) is 0 Å². The van der Waals surface area contributed by atoms with Crippen LogP contribution in [-0.4, -0.2) is 28.7 Å². The lowest BCUT2D eigenvalue weighted by Gasteiger charge is -2.18. The number of amides is 1. The molecule has 5 nitrogen and oxygen atoms in total. The standard InChI is InChI=1S/C18H14F2N4O/c19-16(20)15-8-9-21-17-13(10-22-24(15)17)18(25)23-14-7-3-5-11-4-1-2-6-12(11)14/h1-8,10,16,21H,9H2,(H,23,25). The number of benzene rings is 2. The average molecular weight is 340 g/mol. The van der Waals surface area contributed by atoms with Gasteiger partial charge in [-0.3, -0.25) is 4.79 Å². The van der Waals surface area contributed by atoms with E-state index in [0.29, 0.717) is 5.69 Å². The first-order valence-corrected chi connectivity index (χ1v) is 7.75. The summed E-state index contributed by atoms with van der Waals surface area (Å²) < 4.78 is 27.2. The largest absolute Gasteiger partial charge is 0.366 e. The van der Waals surface area contributed by atoms with Crippen LogP contribution in [0.1, 0.15) is 10.4 Å². The van der Waals surface area contributed by atoms with Crippen molar-refractivity contribution in [1.82, 2.24) is 9.78 Å². The van der Waals surface area contributed by atoms with Gasteiger partial charge >= 0.3 is 0 Å². The van der Waals surface area contributed by atoms with Crippen molar-refractivity contribution in [1.29, 1.82) is 0 Å². The van der Waals surface area contributed by atoms with Crippen LogP contribution < -0.4 is 10.6 Å². The number of aromatic nitrogens is 2. The lowest BCUT2D eigenvalue weighted by molar-refractivity contribution is 0.102. The molecular weight excluding hydrogens is 326 g/mol. The highest BCUT2D eigenvalue weighted by molar-refractivity contribution is 6.11. The van der Waals surface area contributed by atoms with Crippen LogP contribution in [-0.2, 0) is 0 Å². The molecule has 0 fully saturated rings. The van der Waals surface area contributed by atoms with Crippen LogP contribution >= 0.6 is 0 Å². The highest BCUT2D eigenvalue weighted by atomic mass is 19.3. The van der Waals surface area contributed by atoms with Gasteiger partial charge in [0.1, 0.15) is 17.1 Å². The summed E-state index contributed by atoms with van der Waals surface area (Å²) in [5, 5.41) is 11.6. The Hall–Kier alpha value is -3.22. The second-order valence-corrected chi connectivity index (χ2v) is 5.61. The molecule has 7 heteroatoms. The number of nitrogens with zero attached hydrogens (tertiary/aromatic N) is 2. The molecule has 1 aliphatic heterocycles. The summed E-state index contributed by atoms with van der Waals surface area (Å²) in [5.41, 5.74) is 0.653. The second-order valence-electron chi connectivity index (χ2n) is 5.61. The molecule has 2 heterocycles. The van der Waals surface area contributed by atoms with Crippen LogP contribution in [0.15, 0.2) is 54.7 Å². The Morgan fingerprint density at radius 3 is 2.84 bits per heavy atom. The van der Waals surface area contributed by atoms with Crippen LogP contribution in [0.4, 0.5) is 20.3 Å². The van der Waals surface area contributed by atoms with Crippen molar-refractivity contribution in [3.8, 4) is 0 Å². The second kappa shape index (κ2) is 6.01. The van der Waals surface area contributed by atoms with E-state index in [9.17, 15) is 13.6 Å². The molecule has 1 aromatic heterocycles. The molecule has 0 saturated heterocycles. The highest BCUT2D eigenvalue weighted by Crippen LogP contribution is 2.28. The number of allylic oxidation sites excluding steroid dienone is 1. The van der Waals surface area contributed by atoms with Crippen LogP contribution in [0.25, 0.3) is 16.5 Å². The third-order valence-corrected chi connectivity index (χ3v) is 4.10. The van der Waals surface area contributed by atoms with E-state index in [1.807, 2.05) is 36.4 Å². The minimum absolute atomic E-state index is 0.221. The number of nitrogens with one attached hydrogen (secondary N) is 2. The smallest absolute Gasteiger partial charge is 0.280 e. The van der Waals surface area contributed by atoms with Gasteiger partial charge in [0, 0.05) is 17.6 Å². The van der Waals surface area contributed by atoms with Gasteiger partial charge in [-0.05, 0) is 17.5 Å². The molecule has 0 saturated carbocycles. The fourth-order valence-electron chi connectivity index (χ4n) is 2.92. The van der Waals surface area contributed by atoms with Crippen LogP contribution in [0.3, 0.4) is 0 Å². The molecule has 0 unspecified atom stereocenters. The summed E-state index contributed by atoms with van der Waals surface area (Å²) in [6, 6.07) is 13.3. The van der Waals surface area contributed by atoms with Crippen molar-refractivity contribution < 1.29 is 13.6 Å². The molecule has 0 bridgehead atoms. The number of carbonyl (C=O) groups is 1. The third-order valence-electron chi connectivity index (χ3n) is 4.10. The van der Waals surface area contributed by atoms with E-state index >= 15 is 0 Å². The van der Waals surface area contributed by atoms with Crippen molar-refractivity contribution in [3.05, 3.63) is 60.3 Å². The summed E-state index contributed by atoms with van der Waals surface area (Å²) in [4.78, 5) is 12.7. The molecule has 2 aromatic carbocycles. The zero-order chi connectivity index (χ0) is 17.4. The van der Waals surface area contributed by atoms with E-state index in [-0.39, 0.29) is 23.6 Å². The molecule has 0 aliphatic carbocycles. The van der Waals surface area contributed by atoms with Crippen LogP contribution in [0.2, 0.25) is 0 Å². The van der Waals surface area contributed by atoms with Crippen molar-refractivity contribution in [2.24, 2.45) is 0 Å². The molecule has 2 N–H and O–H groups in total. The number of carbonyl (C=O) groups excluding carboxylic acids is 1.